The molecule has 2 fully saturated rings. The summed E-state index contributed by atoms with van der Waals surface area (Å²) in [6.07, 6.45) is -2.90. The number of carbonyl (C=O) groups excluding carboxylic acids is 1. The number of rotatable bonds is 1. The molecular formula is C15H25F3N2O2. The number of hydroxylamine groups is 2. The molecule has 1 aliphatic heterocycles. The summed E-state index contributed by atoms with van der Waals surface area (Å²) in [6.45, 7) is 6.58. The molecule has 0 aromatic rings. The first kappa shape index (κ1) is 17.5. The van der Waals surface area contributed by atoms with Crippen LogP contribution < -0.4 is 0 Å². The van der Waals surface area contributed by atoms with E-state index >= 15 is 0 Å². The van der Waals surface area contributed by atoms with E-state index in [4.69, 9.17) is 0 Å². The Kier molecular flexibility index (Phi) is 4.06. The fraction of sp³-hybridized carbons (Fsp3) is 0.933. The van der Waals surface area contributed by atoms with Crippen molar-refractivity contribution >= 4 is 5.91 Å². The van der Waals surface area contributed by atoms with Gasteiger partial charge in [0.25, 0.3) is 5.91 Å². The highest BCUT2D eigenvalue weighted by molar-refractivity contribution is 5.89. The van der Waals surface area contributed by atoms with Crippen molar-refractivity contribution in [3.8, 4) is 0 Å². The Labute approximate surface area is 129 Å². The van der Waals surface area contributed by atoms with Crippen molar-refractivity contribution in [2.24, 2.45) is 17.8 Å². The fourth-order valence-corrected chi connectivity index (χ4v) is 4.32. The van der Waals surface area contributed by atoms with Crippen molar-refractivity contribution in [3.05, 3.63) is 0 Å². The van der Waals surface area contributed by atoms with Gasteiger partial charge in [-0.3, -0.25) is 4.79 Å². The maximum Gasteiger partial charge on any atom is 0.417 e. The fourth-order valence-electron chi connectivity index (χ4n) is 4.32. The zero-order valence-corrected chi connectivity index (χ0v) is 13.7. The largest absolute Gasteiger partial charge is 0.417 e. The third kappa shape index (κ3) is 2.01. The monoisotopic (exact) mass is 322 g/mol. The van der Waals surface area contributed by atoms with Gasteiger partial charge in [0, 0.05) is 13.0 Å². The SMILES string of the molecule is CC(C)[C@@H]1CC[C@@H](C)C[C@@]12N(C)C(=O)[C@@](C)(C(F)(F)F)N2O. The predicted molar refractivity (Wildman–Crippen MR) is 74.9 cm³/mol. The molecule has 0 aromatic heterocycles. The Balaban J connectivity index is 2.60. The number of likely N-dealkylation sites (N-methyl/N-ethyl adjacent to an activating group) is 1. The van der Waals surface area contributed by atoms with E-state index < -0.39 is 23.3 Å². The molecule has 2 aliphatic rings. The van der Waals surface area contributed by atoms with Crippen molar-refractivity contribution in [1.29, 1.82) is 0 Å². The summed E-state index contributed by atoms with van der Waals surface area (Å²) in [5, 5.41) is 10.9. The summed E-state index contributed by atoms with van der Waals surface area (Å²) in [5.41, 5.74) is -4.17. The van der Waals surface area contributed by atoms with Crippen LogP contribution in [0.2, 0.25) is 0 Å². The number of carbonyl (C=O) groups is 1. The number of hydrogen-bond acceptors (Lipinski definition) is 3. The van der Waals surface area contributed by atoms with Crippen LogP contribution in [0, 0.1) is 17.8 Å². The zero-order valence-electron chi connectivity index (χ0n) is 13.7. The van der Waals surface area contributed by atoms with Gasteiger partial charge in [0.15, 0.2) is 0 Å². The Morgan fingerprint density at radius 3 is 2.27 bits per heavy atom. The van der Waals surface area contributed by atoms with Gasteiger partial charge in [-0.25, -0.2) is 0 Å². The average molecular weight is 322 g/mol. The summed E-state index contributed by atoms with van der Waals surface area (Å²) < 4.78 is 40.6. The van der Waals surface area contributed by atoms with Crippen molar-refractivity contribution in [1.82, 2.24) is 9.96 Å². The van der Waals surface area contributed by atoms with Crippen molar-refractivity contribution in [2.75, 3.05) is 7.05 Å². The van der Waals surface area contributed by atoms with Crippen molar-refractivity contribution in [2.45, 2.75) is 64.3 Å². The van der Waals surface area contributed by atoms with E-state index in [1.807, 2.05) is 20.8 Å². The molecule has 1 N–H and O–H groups in total. The average Bonchev–Trinajstić information content (AvgIpc) is 2.53. The number of hydrogen-bond donors (Lipinski definition) is 1. The predicted octanol–water partition coefficient (Wildman–Crippen LogP) is 3.26. The van der Waals surface area contributed by atoms with E-state index in [9.17, 15) is 23.2 Å². The first-order valence-corrected chi connectivity index (χ1v) is 7.75. The first-order valence-electron chi connectivity index (χ1n) is 7.75. The minimum Gasteiger partial charge on any atom is -0.323 e. The second kappa shape index (κ2) is 5.09. The van der Waals surface area contributed by atoms with Crippen LogP contribution >= 0.6 is 0 Å². The van der Waals surface area contributed by atoms with Gasteiger partial charge in [-0.15, -0.1) is 5.06 Å². The Hall–Kier alpha value is -0.820. The molecule has 1 aliphatic carbocycles. The molecule has 4 atom stereocenters. The third-order valence-corrected chi connectivity index (χ3v) is 5.66. The van der Waals surface area contributed by atoms with E-state index in [2.05, 4.69) is 0 Å². The summed E-state index contributed by atoms with van der Waals surface area (Å²) in [6, 6.07) is 0. The molecule has 1 saturated heterocycles. The Morgan fingerprint density at radius 1 is 1.32 bits per heavy atom. The zero-order chi connectivity index (χ0) is 17.1. The van der Waals surface area contributed by atoms with Gasteiger partial charge in [0.1, 0.15) is 5.66 Å². The lowest BCUT2D eigenvalue weighted by Gasteiger charge is -2.52. The van der Waals surface area contributed by atoms with Gasteiger partial charge in [-0.1, -0.05) is 27.2 Å². The van der Waals surface area contributed by atoms with Gasteiger partial charge < -0.3 is 10.1 Å². The Morgan fingerprint density at radius 2 is 1.86 bits per heavy atom. The van der Waals surface area contributed by atoms with Crippen molar-refractivity contribution < 1.29 is 23.2 Å². The maximum atomic E-state index is 13.5. The smallest absolute Gasteiger partial charge is 0.323 e. The van der Waals surface area contributed by atoms with Crippen LogP contribution in [0.3, 0.4) is 0 Å². The molecule has 7 heteroatoms. The highest BCUT2D eigenvalue weighted by Gasteiger charge is 2.74. The molecule has 0 radical (unpaired) electrons. The van der Waals surface area contributed by atoms with Crippen LogP contribution in [-0.2, 0) is 4.79 Å². The molecule has 1 heterocycles. The van der Waals surface area contributed by atoms with Crippen LogP contribution in [0.5, 0.6) is 0 Å². The summed E-state index contributed by atoms with van der Waals surface area (Å²) in [4.78, 5) is 13.6. The lowest BCUT2D eigenvalue weighted by molar-refractivity contribution is -0.322. The first-order chi connectivity index (χ1) is 9.90. The molecular weight excluding hydrogens is 297 g/mol. The minimum atomic E-state index is -4.83. The molecule has 0 aromatic carbocycles. The molecule has 0 bridgehead atoms. The third-order valence-electron chi connectivity index (χ3n) is 5.66. The van der Waals surface area contributed by atoms with E-state index in [0.29, 0.717) is 17.9 Å². The summed E-state index contributed by atoms with van der Waals surface area (Å²) >= 11 is 0. The van der Waals surface area contributed by atoms with Gasteiger partial charge in [-0.2, -0.15) is 13.2 Å². The van der Waals surface area contributed by atoms with Crippen LogP contribution in [0.25, 0.3) is 0 Å². The molecule has 128 valence electrons. The minimum absolute atomic E-state index is 0.0629. The Bertz CT molecular complexity index is 468. The molecule has 4 nitrogen and oxygen atoms in total. The highest BCUT2D eigenvalue weighted by Crippen LogP contribution is 2.55. The molecule has 1 saturated carbocycles. The topological polar surface area (TPSA) is 43.8 Å². The molecule has 2 rings (SSSR count). The van der Waals surface area contributed by atoms with E-state index in [0.717, 1.165) is 18.2 Å². The lowest BCUT2D eigenvalue weighted by atomic mass is 9.69. The second-order valence-electron chi connectivity index (χ2n) is 7.36. The van der Waals surface area contributed by atoms with Crippen molar-refractivity contribution in [3.63, 3.8) is 0 Å². The number of nitrogens with zero attached hydrogens (tertiary/aromatic N) is 2. The number of alkyl halides is 3. The normalized spacial score (nSPS) is 41.0. The van der Waals surface area contributed by atoms with E-state index in [1.54, 1.807) is 0 Å². The molecule has 22 heavy (non-hydrogen) atoms. The van der Waals surface area contributed by atoms with Crippen LogP contribution in [0.15, 0.2) is 0 Å². The van der Waals surface area contributed by atoms with Gasteiger partial charge in [0.05, 0.1) is 0 Å². The van der Waals surface area contributed by atoms with Gasteiger partial charge in [-0.05, 0) is 31.6 Å². The van der Waals surface area contributed by atoms with Crippen LogP contribution in [0.4, 0.5) is 13.2 Å². The molecule has 1 spiro atoms. The van der Waals surface area contributed by atoms with E-state index in [-0.39, 0.29) is 17.8 Å². The van der Waals surface area contributed by atoms with Crippen LogP contribution in [0.1, 0.15) is 47.0 Å². The maximum absolute atomic E-state index is 13.5. The van der Waals surface area contributed by atoms with Gasteiger partial charge >= 0.3 is 6.18 Å². The van der Waals surface area contributed by atoms with Crippen LogP contribution in [-0.4, -0.2) is 45.5 Å². The number of halogens is 3. The van der Waals surface area contributed by atoms with E-state index in [1.165, 1.54) is 7.05 Å². The number of amides is 1. The summed E-state index contributed by atoms with van der Waals surface area (Å²) in [5.74, 6) is -1.07. The quantitative estimate of drug-likeness (QED) is 0.806. The summed E-state index contributed by atoms with van der Waals surface area (Å²) in [7, 11) is 1.38. The standard InChI is InChI=1S/C15H25F3N2O2/c1-9(2)11-7-6-10(3)8-14(11)19(5)12(21)13(4,20(14)22)15(16,17)18/h9-11,22H,6-8H2,1-5H3/t10-,11+,13+,14+/m1/s1. The van der Waals surface area contributed by atoms with Gasteiger partial charge in [0.2, 0.25) is 5.54 Å². The second-order valence-corrected chi connectivity index (χ2v) is 7.36. The molecule has 1 amide bonds. The highest BCUT2D eigenvalue weighted by atomic mass is 19.4. The lowest BCUT2D eigenvalue weighted by Crippen LogP contribution is -2.65. The molecule has 0 unspecified atom stereocenters.